The minimum Gasteiger partial charge on any atom is -0.377 e. The zero-order valence-corrected chi connectivity index (χ0v) is 6.05. The van der Waals surface area contributed by atoms with Gasteiger partial charge in [-0.25, -0.2) is 0 Å². The van der Waals surface area contributed by atoms with Crippen LogP contribution in [0.1, 0.15) is 13.8 Å². The fourth-order valence-electron chi connectivity index (χ4n) is 0. The van der Waals surface area contributed by atoms with Gasteiger partial charge in [-0.15, -0.1) is 0 Å². The fourth-order valence-corrected chi connectivity index (χ4v) is 0. The highest BCUT2D eigenvalue weighted by atomic mass is 32.2. The van der Waals surface area contributed by atoms with E-state index in [1.165, 1.54) is 13.8 Å². The van der Waals surface area contributed by atoms with Crippen molar-refractivity contribution in [3.8, 4) is 0 Å². The van der Waals surface area contributed by atoms with Crippen LogP contribution in [0.5, 0.6) is 0 Å². The van der Waals surface area contributed by atoms with E-state index in [0.717, 1.165) is 0 Å². The summed E-state index contributed by atoms with van der Waals surface area (Å²) in [6, 6.07) is 0. The standard InChI is InChI=1S/C3H9NO.H2O3S/c1-3(2,4)5;1-4(2)3/h5H,4H2,1-2H3;(H2,1,2,3). The zero-order valence-electron chi connectivity index (χ0n) is 5.24. The Morgan fingerprint density at radius 1 is 1.44 bits per heavy atom. The Morgan fingerprint density at radius 3 is 1.44 bits per heavy atom. The molecule has 0 aliphatic heterocycles. The number of hydrogen-bond donors (Lipinski definition) is 4. The Kier molecular flexibility index (Phi) is 6.30. The summed E-state index contributed by atoms with van der Waals surface area (Å²) in [5, 5.41) is 8.30. The number of nitrogens with two attached hydrogens (primary N) is 1. The van der Waals surface area contributed by atoms with E-state index in [-0.39, 0.29) is 0 Å². The summed E-state index contributed by atoms with van der Waals surface area (Å²) in [6.07, 6.45) is 0. The Bertz CT molecular complexity index is 78.3. The van der Waals surface area contributed by atoms with Crippen molar-refractivity contribution in [2.75, 3.05) is 0 Å². The second-order valence-corrected chi connectivity index (χ2v) is 2.35. The molecular weight excluding hydrogens is 146 g/mol. The lowest BCUT2D eigenvalue weighted by atomic mass is 10.4. The molecule has 0 spiro atoms. The van der Waals surface area contributed by atoms with E-state index in [2.05, 4.69) is 0 Å². The minimum atomic E-state index is -2.61. The summed E-state index contributed by atoms with van der Waals surface area (Å²) in [4.78, 5) is 0. The van der Waals surface area contributed by atoms with Gasteiger partial charge < -0.3 is 10.8 Å². The van der Waals surface area contributed by atoms with Gasteiger partial charge in [0, 0.05) is 0 Å². The van der Waals surface area contributed by atoms with E-state index in [4.69, 9.17) is 24.2 Å². The Hall–Kier alpha value is -0.0100. The molecule has 6 heteroatoms. The van der Waals surface area contributed by atoms with Crippen molar-refractivity contribution in [1.82, 2.24) is 0 Å². The van der Waals surface area contributed by atoms with E-state index >= 15 is 0 Å². The highest BCUT2D eigenvalue weighted by molar-refractivity contribution is 7.73. The Morgan fingerprint density at radius 2 is 1.44 bits per heavy atom. The summed E-state index contributed by atoms with van der Waals surface area (Å²) < 4.78 is 22.8. The largest absolute Gasteiger partial charge is 0.377 e. The molecule has 0 bridgehead atoms. The first-order valence-electron chi connectivity index (χ1n) is 2.04. The molecular formula is C3H11NO4S. The van der Waals surface area contributed by atoms with Gasteiger partial charge >= 0.3 is 0 Å². The maximum absolute atomic E-state index is 8.67. The molecule has 0 saturated heterocycles. The van der Waals surface area contributed by atoms with Gasteiger partial charge in [0.25, 0.3) is 11.4 Å². The molecule has 0 heterocycles. The molecule has 0 rings (SSSR count). The van der Waals surface area contributed by atoms with E-state index in [1.807, 2.05) is 0 Å². The second kappa shape index (κ2) is 4.83. The van der Waals surface area contributed by atoms with Crippen LogP contribution in [-0.2, 0) is 11.4 Å². The predicted octanol–water partition coefficient (Wildman–Crippen LogP) is -0.645. The van der Waals surface area contributed by atoms with Crippen LogP contribution in [0.2, 0.25) is 0 Å². The number of aliphatic hydroxyl groups is 1. The van der Waals surface area contributed by atoms with Crippen molar-refractivity contribution >= 4 is 11.4 Å². The molecule has 0 atom stereocenters. The second-order valence-electron chi connectivity index (χ2n) is 1.88. The highest BCUT2D eigenvalue weighted by Gasteiger charge is 1.98. The van der Waals surface area contributed by atoms with Crippen molar-refractivity contribution in [2.45, 2.75) is 19.6 Å². The molecule has 0 aliphatic carbocycles. The smallest absolute Gasteiger partial charge is 0.299 e. The quantitative estimate of drug-likeness (QED) is 0.276. The number of rotatable bonds is 0. The van der Waals surface area contributed by atoms with Crippen LogP contribution in [0.3, 0.4) is 0 Å². The van der Waals surface area contributed by atoms with Gasteiger partial charge in [-0.1, -0.05) is 0 Å². The summed E-state index contributed by atoms with van der Waals surface area (Å²) in [7, 11) is 0. The van der Waals surface area contributed by atoms with E-state index < -0.39 is 17.1 Å². The normalized spacial score (nSPS) is 10.6. The lowest BCUT2D eigenvalue weighted by Crippen LogP contribution is -2.30. The number of hydrogen-bond acceptors (Lipinski definition) is 3. The summed E-state index contributed by atoms with van der Waals surface area (Å²) in [6.45, 7) is 3.04. The molecule has 9 heavy (non-hydrogen) atoms. The van der Waals surface area contributed by atoms with Crippen LogP contribution in [0.25, 0.3) is 0 Å². The molecule has 0 aromatic heterocycles. The van der Waals surface area contributed by atoms with Crippen molar-refractivity contribution in [3.63, 3.8) is 0 Å². The SMILES string of the molecule is CC(C)(N)O.O=S(O)O. The van der Waals surface area contributed by atoms with Gasteiger partial charge in [0.2, 0.25) is 0 Å². The van der Waals surface area contributed by atoms with Crippen LogP contribution >= 0.6 is 0 Å². The molecule has 5 N–H and O–H groups in total. The third kappa shape index (κ3) is 2870000. The third-order valence-corrected chi connectivity index (χ3v) is 0. The third-order valence-electron chi connectivity index (χ3n) is 0. The van der Waals surface area contributed by atoms with Gasteiger partial charge in [-0.05, 0) is 13.8 Å². The van der Waals surface area contributed by atoms with Crippen LogP contribution < -0.4 is 5.73 Å². The van der Waals surface area contributed by atoms with Gasteiger partial charge in [-0.2, -0.15) is 4.21 Å². The molecule has 0 saturated carbocycles. The van der Waals surface area contributed by atoms with Gasteiger partial charge in [0.15, 0.2) is 0 Å². The van der Waals surface area contributed by atoms with Crippen LogP contribution in [-0.4, -0.2) is 24.1 Å². The van der Waals surface area contributed by atoms with Crippen molar-refractivity contribution < 1.29 is 18.4 Å². The van der Waals surface area contributed by atoms with Crippen molar-refractivity contribution in [1.29, 1.82) is 0 Å². The molecule has 0 aliphatic rings. The Balaban J connectivity index is 0. The topological polar surface area (TPSA) is 104 Å². The lowest BCUT2D eigenvalue weighted by molar-refractivity contribution is 0.0881. The molecule has 0 unspecified atom stereocenters. The maximum Gasteiger partial charge on any atom is 0.299 e. The molecule has 5 nitrogen and oxygen atoms in total. The first-order valence-corrected chi connectivity index (χ1v) is 3.11. The van der Waals surface area contributed by atoms with E-state index in [1.54, 1.807) is 0 Å². The monoisotopic (exact) mass is 157 g/mol. The maximum atomic E-state index is 8.67. The van der Waals surface area contributed by atoms with Crippen LogP contribution in [0, 0.1) is 0 Å². The highest BCUT2D eigenvalue weighted by Crippen LogP contribution is 1.82. The summed E-state index contributed by atoms with van der Waals surface area (Å²) in [5.41, 5.74) is 3.91. The van der Waals surface area contributed by atoms with Gasteiger partial charge in [0.05, 0.1) is 0 Å². The summed E-state index contributed by atoms with van der Waals surface area (Å²) >= 11 is -2.61. The molecule has 58 valence electrons. The molecule has 0 radical (unpaired) electrons. The molecule has 0 aromatic rings. The Labute approximate surface area is 56.0 Å². The molecule has 0 amide bonds. The van der Waals surface area contributed by atoms with E-state index in [9.17, 15) is 0 Å². The first kappa shape index (κ1) is 11.7. The zero-order chi connectivity index (χ0) is 8.08. The molecule has 0 fully saturated rings. The van der Waals surface area contributed by atoms with Gasteiger partial charge in [0.1, 0.15) is 5.72 Å². The first-order chi connectivity index (χ1) is 3.73. The fraction of sp³-hybridized carbons (Fsp3) is 1.00. The lowest BCUT2D eigenvalue weighted by Gasteiger charge is -2.05. The van der Waals surface area contributed by atoms with Crippen molar-refractivity contribution in [3.05, 3.63) is 0 Å². The van der Waals surface area contributed by atoms with Crippen LogP contribution in [0.4, 0.5) is 0 Å². The van der Waals surface area contributed by atoms with E-state index in [0.29, 0.717) is 0 Å². The minimum absolute atomic E-state index is 1.00. The average Bonchev–Trinajstić information content (AvgIpc) is 1.19. The summed E-state index contributed by atoms with van der Waals surface area (Å²) in [5.74, 6) is 0. The average molecular weight is 157 g/mol. The predicted molar refractivity (Wildman–Crippen MR) is 33.9 cm³/mol. The van der Waals surface area contributed by atoms with Crippen molar-refractivity contribution in [2.24, 2.45) is 5.73 Å². The van der Waals surface area contributed by atoms with Gasteiger partial charge in [-0.3, -0.25) is 9.11 Å². The van der Waals surface area contributed by atoms with Crippen LogP contribution in [0.15, 0.2) is 0 Å². The molecule has 0 aromatic carbocycles.